The van der Waals surface area contributed by atoms with Crippen LogP contribution in [0.4, 0.5) is 3.89 Å². The summed E-state index contributed by atoms with van der Waals surface area (Å²) in [7, 11) is -4.65. The van der Waals surface area contributed by atoms with E-state index in [-0.39, 0.29) is 18.9 Å². The number of carbonyl (C=O) groups is 1. The fourth-order valence-electron chi connectivity index (χ4n) is 2.91. The van der Waals surface area contributed by atoms with Gasteiger partial charge in [-0.1, -0.05) is 42.5 Å². The summed E-state index contributed by atoms with van der Waals surface area (Å²) in [5.74, 6) is -0.300. The molecule has 116 valence electrons. The van der Waals surface area contributed by atoms with Gasteiger partial charge in [-0.3, -0.25) is 4.79 Å². The van der Waals surface area contributed by atoms with Crippen LogP contribution in [-0.2, 0) is 21.4 Å². The minimum absolute atomic E-state index is 0.0531. The highest BCUT2D eigenvalue weighted by atomic mass is 32.3. The Kier molecular flexibility index (Phi) is 3.87. The van der Waals surface area contributed by atoms with Crippen LogP contribution in [0.5, 0.6) is 0 Å². The van der Waals surface area contributed by atoms with Crippen LogP contribution in [-0.4, -0.2) is 37.6 Å². The van der Waals surface area contributed by atoms with Gasteiger partial charge in [0.2, 0.25) is 5.91 Å². The van der Waals surface area contributed by atoms with Crippen molar-refractivity contribution < 1.29 is 17.1 Å². The van der Waals surface area contributed by atoms with Gasteiger partial charge in [0.15, 0.2) is 0 Å². The summed E-state index contributed by atoms with van der Waals surface area (Å²) in [4.78, 5) is 13.2. The maximum atomic E-state index is 13.0. The molecule has 1 aliphatic heterocycles. The van der Waals surface area contributed by atoms with Crippen molar-refractivity contribution in [2.24, 2.45) is 0 Å². The van der Waals surface area contributed by atoms with Crippen LogP contribution in [0.2, 0.25) is 0 Å². The number of likely N-dealkylation sites (tertiary alicyclic amines) is 1. The van der Waals surface area contributed by atoms with E-state index >= 15 is 0 Å². The number of halogens is 1. The molecular formula is C16H16FNO3S. The molecule has 4 nitrogen and oxygen atoms in total. The van der Waals surface area contributed by atoms with Crippen LogP contribution < -0.4 is 0 Å². The Morgan fingerprint density at radius 3 is 2.59 bits per heavy atom. The summed E-state index contributed by atoms with van der Waals surface area (Å²) in [6.07, 6.45) is 0.362. The summed E-state index contributed by atoms with van der Waals surface area (Å²) < 4.78 is 34.9. The first kappa shape index (κ1) is 15.0. The second kappa shape index (κ2) is 5.68. The number of hydrogen-bond acceptors (Lipinski definition) is 3. The molecule has 1 heterocycles. The summed E-state index contributed by atoms with van der Waals surface area (Å²) in [5.41, 5.74) is 1.09. The summed E-state index contributed by atoms with van der Waals surface area (Å²) in [6.45, 7) is 0.349. The number of fused-ring (bicyclic) bond motifs is 1. The van der Waals surface area contributed by atoms with Gasteiger partial charge in [0, 0.05) is 19.5 Å². The highest BCUT2D eigenvalue weighted by Gasteiger charge is 2.38. The van der Waals surface area contributed by atoms with Crippen LogP contribution >= 0.6 is 0 Å². The van der Waals surface area contributed by atoms with E-state index < -0.39 is 15.5 Å². The van der Waals surface area contributed by atoms with Crippen LogP contribution in [0.25, 0.3) is 10.8 Å². The average Bonchev–Trinajstić information content (AvgIpc) is 2.86. The zero-order chi connectivity index (χ0) is 15.7. The van der Waals surface area contributed by atoms with E-state index in [0.29, 0.717) is 13.0 Å². The Bertz CT molecular complexity index is 814. The molecule has 2 aromatic rings. The maximum Gasteiger partial charge on any atom is 0.307 e. The van der Waals surface area contributed by atoms with E-state index in [0.717, 1.165) is 16.3 Å². The van der Waals surface area contributed by atoms with Crippen LogP contribution in [0.15, 0.2) is 42.5 Å². The van der Waals surface area contributed by atoms with Crippen molar-refractivity contribution in [3.05, 3.63) is 48.0 Å². The van der Waals surface area contributed by atoms with Gasteiger partial charge in [0.1, 0.15) is 5.25 Å². The van der Waals surface area contributed by atoms with Gasteiger partial charge in [-0.25, -0.2) is 0 Å². The molecule has 1 aliphatic rings. The molecule has 1 unspecified atom stereocenters. The minimum atomic E-state index is -4.65. The van der Waals surface area contributed by atoms with Crippen molar-refractivity contribution in [3.8, 4) is 0 Å². The Hall–Kier alpha value is -1.95. The van der Waals surface area contributed by atoms with Crippen molar-refractivity contribution in [1.29, 1.82) is 0 Å². The number of rotatable bonds is 4. The van der Waals surface area contributed by atoms with E-state index in [2.05, 4.69) is 0 Å². The summed E-state index contributed by atoms with van der Waals surface area (Å²) in [5, 5.41) is 1.02. The number of carbonyl (C=O) groups excluding carboxylic acids is 1. The number of hydrogen-bond donors (Lipinski definition) is 0. The highest BCUT2D eigenvalue weighted by Crippen LogP contribution is 2.22. The molecule has 0 saturated carbocycles. The Balaban J connectivity index is 1.74. The second-order valence-electron chi connectivity index (χ2n) is 5.53. The summed E-state index contributed by atoms with van der Waals surface area (Å²) in [6, 6.07) is 13.9. The fourth-order valence-corrected chi connectivity index (χ4v) is 3.61. The smallest absolute Gasteiger partial charge is 0.307 e. The third-order valence-corrected chi connectivity index (χ3v) is 5.22. The van der Waals surface area contributed by atoms with Crippen molar-refractivity contribution in [3.63, 3.8) is 0 Å². The van der Waals surface area contributed by atoms with E-state index in [1.165, 1.54) is 4.90 Å². The third kappa shape index (κ3) is 2.97. The fraction of sp³-hybridized carbons (Fsp3) is 0.312. The predicted molar refractivity (Wildman–Crippen MR) is 82.7 cm³/mol. The van der Waals surface area contributed by atoms with Gasteiger partial charge in [-0.15, -0.1) is 3.89 Å². The van der Waals surface area contributed by atoms with Crippen LogP contribution in [0.3, 0.4) is 0 Å². The van der Waals surface area contributed by atoms with Gasteiger partial charge in [0.25, 0.3) is 0 Å². The molecule has 1 amide bonds. The zero-order valence-corrected chi connectivity index (χ0v) is 12.7. The average molecular weight is 321 g/mol. The van der Waals surface area contributed by atoms with Crippen molar-refractivity contribution in [2.45, 2.75) is 18.1 Å². The molecule has 3 rings (SSSR count). The lowest BCUT2D eigenvalue weighted by atomic mass is 10.0. The monoisotopic (exact) mass is 321 g/mol. The lowest BCUT2D eigenvalue weighted by Gasteiger charge is -2.16. The minimum Gasteiger partial charge on any atom is -0.341 e. The van der Waals surface area contributed by atoms with E-state index in [9.17, 15) is 17.1 Å². The van der Waals surface area contributed by atoms with Crippen molar-refractivity contribution in [2.75, 3.05) is 13.1 Å². The molecule has 1 fully saturated rings. The summed E-state index contributed by atoms with van der Waals surface area (Å²) >= 11 is 0. The zero-order valence-electron chi connectivity index (χ0n) is 11.9. The topological polar surface area (TPSA) is 54.5 Å². The largest absolute Gasteiger partial charge is 0.341 e. The van der Waals surface area contributed by atoms with E-state index in [1.807, 2.05) is 42.5 Å². The van der Waals surface area contributed by atoms with Gasteiger partial charge >= 0.3 is 10.2 Å². The number of amides is 1. The Labute approximate surface area is 128 Å². The first-order chi connectivity index (χ1) is 10.4. The highest BCUT2D eigenvalue weighted by molar-refractivity contribution is 7.87. The lowest BCUT2D eigenvalue weighted by Crippen LogP contribution is -2.29. The molecular weight excluding hydrogens is 305 g/mol. The van der Waals surface area contributed by atoms with Gasteiger partial charge < -0.3 is 4.90 Å². The normalized spacial score (nSPS) is 19.0. The molecule has 1 atom stereocenters. The molecule has 0 aromatic heterocycles. The molecule has 1 saturated heterocycles. The first-order valence-corrected chi connectivity index (χ1v) is 8.58. The van der Waals surface area contributed by atoms with Gasteiger partial charge in [-0.05, 0) is 22.8 Å². The molecule has 0 spiro atoms. The Morgan fingerprint density at radius 1 is 1.14 bits per heavy atom. The molecule has 6 heteroatoms. The van der Waals surface area contributed by atoms with Crippen LogP contribution in [0, 0.1) is 0 Å². The molecule has 0 bridgehead atoms. The maximum absolute atomic E-state index is 13.0. The number of nitrogens with zero attached hydrogens (tertiary/aromatic N) is 1. The number of benzene rings is 2. The van der Waals surface area contributed by atoms with Crippen LogP contribution in [0.1, 0.15) is 12.0 Å². The lowest BCUT2D eigenvalue weighted by molar-refractivity contribution is -0.127. The molecule has 0 N–H and O–H groups in total. The van der Waals surface area contributed by atoms with Gasteiger partial charge in [-0.2, -0.15) is 8.42 Å². The van der Waals surface area contributed by atoms with Crippen molar-refractivity contribution in [1.82, 2.24) is 4.90 Å². The van der Waals surface area contributed by atoms with Gasteiger partial charge in [0.05, 0.1) is 0 Å². The van der Waals surface area contributed by atoms with Crippen molar-refractivity contribution >= 4 is 26.9 Å². The standard InChI is InChI=1S/C16H16FNO3S/c17-22(20,21)14-10-16(19)18(11-14)9-8-13-6-3-5-12-4-1-2-7-15(12)13/h1-7,14H,8-11H2. The molecule has 0 aliphatic carbocycles. The third-order valence-electron chi connectivity index (χ3n) is 4.11. The van der Waals surface area contributed by atoms with E-state index in [4.69, 9.17) is 0 Å². The Morgan fingerprint density at radius 2 is 1.86 bits per heavy atom. The SMILES string of the molecule is O=C1CC(S(=O)(=O)F)CN1CCc1cccc2ccccc12. The predicted octanol–water partition coefficient (Wildman–Crippen LogP) is 2.28. The second-order valence-corrected chi connectivity index (χ2v) is 7.15. The molecule has 2 aromatic carbocycles. The molecule has 22 heavy (non-hydrogen) atoms. The quantitative estimate of drug-likeness (QED) is 0.812. The first-order valence-electron chi connectivity index (χ1n) is 7.13. The molecule has 0 radical (unpaired) electrons. The van der Waals surface area contributed by atoms with E-state index in [1.54, 1.807) is 0 Å².